The molecule has 7 nitrogen and oxygen atoms in total. The highest BCUT2D eigenvalue weighted by atomic mass is 79.9. The molecule has 48 heavy (non-hydrogen) atoms. The zero-order valence-electron chi connectivity index (χ0n) is 23.9. The number of halogens is 13. The molecule has 20 heteroatoms. The Balaban J connectivity index is 2.12. The van der Waals surface area contributed by atoms with Gasteiger partial charge in [0.1, 0.15) is 5.75 Å². The van der Waals surface area contributed by atoms with E-state index < -0.39 is 86.9 Å². The number of nitrogens with one attached hydrogen (secondary N) is 1. The van der Waals surface area contributed by atoms with Gasteiger partial charge >= 0.3 is 31.0 Å². The second kappa shape index (κ2) is 14.0. The first-order valence-electron chi connectivity index (χ1n) is 12.8. The van der Waals surface area contributed by atoms with Crippen LogP contribution in [0.5, 0.6) is 17.2 Å². The van der Waals surface area contributed by atoms with Crippen LogP contribution in [0.15, 0.2) is 59.1 Å². The van der Waals surface area contributed by atoms with E-state index in [2.05, 4.69) is 25.4 Å². The maximum atomic E-state index is 14.7. The Labute approximate surface area is 270 Å². The van der Waals surface area contributed by atoms with Crippen LogP contribution in [0, 0.1) is 0 Å². The van der Waals surface area contributed by atoms with E-state index >= 15 is 0 Å². The van der Waals surface area contributed by atoms with Crippen molar-refractivity contribution in [3.8, 4) is 17.2 Å². The number of rotatable bonds is 10. The van der Waals surface area contributed by atoms with Crippen molar-refractivity contribution in [1.82, 2.24) is 0 Å². The molecule has 0 aromatic heterocycles. The first-order valence-corrected chi connectivity index (χ1v) is 13.6. The molecule has 2 amide bonds. The van der Waals surface area contributed by atoms with Crippen LogP contribution >= 0.6 is 15.9 Å². The second-order valence-corrected chi connectivity index (χ2v) is 10.1. The second-order valence-electron chi connectivity index (χ2n) is 9.27. The molecular formula is C28H19BrF12N2O5. The molecule has 0 unspecified atom stereocenters. The summed E-state index contributed by atoms with van der Waals surface area (Å²) in [5.74, 6) is -5.22. The van der Waals surface area contributed by atoms with Gasteiger partial charge in [0.2, 0.25) is 0 Å². The molecule has 0 heterocycles. The van der Waals surface area contributed by atoms with E-state index in [0.29, 0.717) is 0 Å². The molecule has 0 saturated carbocycles. The minimum Gasteiger partial charge on any atom is -0.494 e. The molecule has 3 aromatic carbocycles. The molecule has 0 aliphatic rings. The van der Waals surface area contributed by atoms with Crippen LogP contribution < -0.4 is 24.4 Å². The van der Waals surface area contributed by atoms with Gasteiger partial charge in [-0.15, -0.1) is 13.2 Å². The molecule has 0 spiro atoms. The predicted octanol–water partition coefficient (Wildman–Crippen LogP) is 9.17. The topological polar surface area (TPSA) is 77.1 Å². The number of carbonyl (C=O) groups is 2. The third-order valence-corrected chi connectivity index (χ3v) is 6.95. The van der Waals surface area contributed by atoms with Gasteiger partial charge < -0.3 is 24.4 Å². The number of amides is 2. The minimum absolute atomic E-state index is 0.0550. The Bertz CT molecular complexity index is 1650. The number of anilines is 2. The first kappa shape index (κ1) is 38.1. The number of benzene rings is 3. The number of para-hydroxylation sites is 2. The fourth-order valence-electron chi connectivity index (χ4n) is 4.32. The van der Waals surface area contributed by atoms with Gasteiger partial charge in [-0.2, -0.15) is 35.1 Å². The van der Waals surface area contributed by atoms with Gasteiger partial charge in [0.25, 0.3) is 11.8 Å². The monoisotopic (exact) mass is 770 g/mol. The minimum atomic E-state index is -6.62. The number of methoxy groups -OCH3 is 1. The molecule has 262 valence electrons. The standard InChI is InChI=1S/C28H19BrF12N2O5/c1-3-43(23(45)14-7-4-5-10-18(14)48-28(39,40)41)17-9-6-8-15(21(17)46-2)22(44)42-20-16(29)11-13(12-19(20)47-24(30)31)25(32,26(33,34)35)27(36,37)38/h4-12,24H,3H2,1-2H3,(H,42,44). The SMILES string of the molecule is CCN(C(=O)c1ccccc1OC(F)(F)F)c1cccc(C(=O)Nc2c(Br)cc(C(F)(C(F)(F)F)C(F)(F)F)cc2OC(F)F)c1OC. The summed E-state index contributed by atoms with van der Waals surface area (Å²) in [4.78, 5) is 27.6. The Morgan fingerprint density at radius 1 is 0.854 bits per heavy atom. The third kappa shape index (κ3) is 7.84. The zero-order valence-corrected chi connectivity index (χ0v) is 25.5. The van der Waals surface area contributed by atoms with E-state index in [1.54, 1.807) is 0 Å². The van der Waals surface area contributed by atoms with Crippen molar-refractivity contribution in [2.45, 2.75) is 37.9 Å². The Kier molecular flexibility index (Phi) is 11.1. The predicted molar refractivity (Wildman–Crippen MR) is 147 cm³/mol. The van der Waals surface area contributed by atoms with Crippen LogP contribution in [0.25, 0.3) is 0 Å². The summed E-state index contributed by atoms with van der Waals surface area (Å²) in [6.45, 7) is -2.74. The average Bonchev–Trinajstić information content (AvgIpc) is 2.96. The van der Waals surface area contributed by atoms with Crippen LogP contribution in [0.4, 0.5) is 64.1 Å². The summed E-state index contributed by atoms with van der Waals surface area (Å²) in [5, 5.41) is 1.95. The van der Waals surface area contributed by atoms with Crippen molar-refractivity contribution in [3.63, 3.8) is 0 Å². The number of nitrogens with zero attached hydrogens (tertiary/aromatic N) is 1. The van der Waals surface area contributed by atoms with Gasteiger partial charge in [-0.25, -0.2) is 4.39 Å². The molecule has 0 atom stereocenters. The first-order chi connectivity index (χ1) is 22.1. The summed E-state index contributed by atoms with van der Waals surface area (Å²) >= 11 is 2.55. The highest BCUT2D eigenvalue weighted by molar-refractivity contribution is 9.10. The molecule has 3 aromatic rings. The lowest BCUT2D eigenvalue weighted by Crippen LogP contribution is -2.50. The lowest BCUT2D eigenvalue weighted by atomic mass is 9.93. The lowest BCUT2D eigenvalue weighted by molar-refractivity contribution is -0.348. The van der Waals surface area contributed by atoms with Crippen LogP contribution in [0.1, 0.15) is 33.2 Å². The summed E-state index contributed by atoms with van der Waals surface area (Å²) in [6.07, 6.45) is -18.4. The molecular weight excluding hydrogens is 752 g/mol. The van der Waals surface area contributed by atoms with Crippen LogP contribution in [0.3, 0.4) is 0 Å². The maximum absolute atomic E-state index is 14.7. The van der Waals surface area contributed by atoms with Gasteiger partial charge in [-0.1, -0.05) is 18.2 Å². The quantitative estimate of drug-likeness (QED) is 0.208. The van der Waals surface area contributed by atoms with Gasteiger partial charge in [0, 0.05) is 16.6 Å². The van der Waals surface area contributed by atoms with Gasteiger partial charge in [-0.05, 0) is 59.3 Å². The Morgan fingerprint density at radius 2 is 1.44 bits per heavy atom. The average molecular weight is 771 g/mol. The van der Waals surface area contributed by atoms with Crippen molar-refractivity contribution in [1.29, 1.82) is 0 Å². The number of hydrogen-bond acceptors (Lipinski definition) is 5. The molecule has 0 saturated heterocycles. The smallest absolute Gasteiger partial charge is 0.494 e. The van der Waals surface area contributed by atoms with Gasteiger partial charge in [-0.3, -0.25) is 9.59 Å². The molecule has 0 radical (unpaired) electrons. The summed E-state index contributed by atoms with van der Waals surface area (Å²) in [6, 6.07) is 7.31. The zero-order chi connectivity index (χ0) is 36.4. The van der Waals surface area contributed by atoms with E-state index in [0.717, 1.165) is 42.3 Å². The molecule has 0 aliphatic heterocycles. The van der Waals surface area contributed by atoms with E-state index in [9.17, 15) is 62.3 Å². The number of carbonyl (C=O) groups excluding carboxylic acids is 2. The number of alkyl halides is 12. The lowest BCUT2D eigenvalue weighted by Gasteiger charge is -2.31. The van der Waals surface area contributed by atoms with Crippen LogP contribution in [-0.2, 0) is 5.67 Å². The van der Waals surface area contributed by atoms with E-state index in [1.165, 1.54) is 19.1 Å². The van der Waals surface area contributed by atoms with Crippen molar-refractivity contribution in [2.24, 2.45) is 0 Å². The van der Waals surface area contributed by atoms with Crippen molar-refractivity contribution < 1.29 is 76.5 Å². The van der Waals surface area contributed by atoms with Crippen LogP contribution in [0.2, 0.25) is 0 Å². The maximum Gasteiger partial charge on any atom is 0.573 e. The number of ether oxygens (including phenoxy) is 3. The largest absolute Gasteiger partial charge is 0.573 e. The van der Waals surface area contributed by atoms with Crippen molar-refractivity contribution in [3.05, 3.63) is 75.8 Å². The van der Waals surface area contributed by atoms with Crippen molar-refractivity contribution >= 4 is 39.1 Å². The summed E-state index contributed by atoms with van der Waals surface area (Å²) in [7, 11) is 1.000. The molecule has 0 aliphatic carbocycles. The third-order valence-electron chi connectivity index (χ3n) is 6.33. The highest BCUT2D eigenvalue weighted by Gasteiger charge is 2.73. The summed E-state index contributed by atoms with van der Waals surface area (Å²) < 4.78 is 172. The normalized spacial score (nSPS) is 12.5. The van der Waals surface area contributed by atoms with E-state index in [1.807, 2.05) is 5.32 Å². The van der Waals surface area contributed by atoms with Crippen LogP contribution in [-0.4, -0.2) is 50.8 Å². The van der Waals surface area contributed by atoms with Gasteiger partial charge in [0.15, 0.2) is 11.5 Å². The molecule has 1 N–H and O–H groups in total. The van der Waals surface area contributed by atoms with Crippen molar-refractivity contribution in [2.75, 3.05) is 23.9 Å². The van der Waals surface area contributed by atoms with E-state index in [4.69, 9.17) is 4.74 Å². The summed E-state index contributed by atoms with van der Waals surface area (Å²) in [5.41, 5.74) is -10.5. The number of hydrogen-bond donors (Lipinski definition) is 1. The fraction of sp³-hybridized carbons (Fsp3) is 0.286. The Hall–Kier alpha value is -4.36. The van der Waals surface area contributed by atoms with Gasteiger partial charge in [0.05, 0.1) is 29.6 Å². The highest BCUT2D eigenvalue weighted by Crippen LogP contribution is 2.55. The molecule has 3 rings (SSSR count). The fourth-order valence-corrected chi connectivity index (χ4v) is 4.86. The van der Waals surface area contributed by atoms with E-state index in [-0.39, 0.29) is 24.4 Å². The Morgan fingerprint density at radius 3 is 1.96 bits per heavy atom. The molecule has 0 bridgehead atoms. The molecule has 0 fully saturated rings.